The van der Waals surface area contributed by atoms with Gasteiger partial charge in [-0.25, -0.2) is 5.10 Å². The lowest BCUT2D eigenvalue weighted by atomic mass is 10.2. The molecule has 0 radical (unpaired) electrons. The molecule has 0 aliphatic heterocycles. The fraction of sp³-hybridized carbons (Fsp3) is 0. The highest BCUT2D eigenvalue weighted by Gasteiger charge is 2.04. The molecule has 2 heterocycles. The average molecular weight is 204 g/mol. The van der Waals surface area contributed by atoms with Gasteiger partial charge in [0.25, 0.3) is 0 Å². The maximum atomic E-state index is 10.8. The van der Waals surface area contributed by atoms with E-state index in [-0.39, 0.29) is 4.87 Å². The predicted molar refractivity (Wildman–Crippen MR) is 50.7 cm³/mol. The summed E-state index contributed by atoms with van der Waals surface area (Å²) in [5.74, 6) is 0. The molecule has 0 aliphatic rings. The van der Waals surface area contributed by atoms with Gasteiger partial charge in [0, 0.05) is 18.0 Å². The highest BCUT2D eigenvalue weighted by Crippen LogP contribution is 2.17. The third-order valence-corrected chi connectivity index (χ3v) is 2.35. The van der Waals surface area contributed by atoms with Crippen molar-refractivity contribution in [3.63, 3.8) is 0 Å². The molecule has 1 N–H and O–H groups in total. The topological polar surface area (TPSA) is 82.4 Å². The molecule has 0 atom stereocenters. The Morgan fingerprint density at radius 2 is 2.36 bits per heavy atom. The van der Waals surface area contributed by atoms with Crippen LogP contribution >= 0.6 is 11.3 Å². The molecular formula is C8H4N4OS. The third-order valence-electron chi connectivity index (χ3n) is 1.55. The van der Waals surface area contributed by atoms with Gasteiger partial charge in [-0.15, -0.1) is 0 Å². The van der Waals surface area contributed by atoms with Crippen molar-refractivity contribution < 1.29 is 0 Å². The highest BCUT2D eigenvalue weighted by atomic mass is 32.1. The first-order valence-electron chi connectivity index (χ1n) is 3.70. The Balaban J connectivity index is 2.53. The first kappa shape index (κ1) is 8.59. The fourth-order valence-corrected chi connectivity index (χ4v) is 1.56. The van der Waals surface area contributed by atoms with Crippen LogP contribution in [0.15, 0.2) is 23.3 Å². The normalized spacial score (nSPS) is 9.64. The number of pyridine rings is 1. The second-order valence-corrected chi connectivity index (χ2v) is 3.45. The SMILES string of the molecule is N#Cc1cncc(-c2n[nH]c(=O)s2)c1. The van der Waals surface area contributed by atoms with Gasteiger partial charge in [-0.3, -0.25) is 9.78 Å². The average Bonchev–Trinajstić information content (AvgIpc) is 2.65. The Morgan fingerprint density at radius 3 is 3.00 bits per heavy atom. The van der Waals surface area contributed by atoms with Crippen molar-refractivity contribution in [2.24, 2.45) is 0 Å². The van der Waals surface area contributed by atoms with E-state index in [1.54, 1.807) is 12.3 Å². The van der Waals surface area contributed by atoms with Crippen LogP contribution in [0.2, 0.25) is 0 Å². The Kier molecular flexibility index (Phi) is 2.08. The minimum Gasteiger partial charge on any atom is -0.263 e. The van der Waals surface area contributed by atoms with E-state index in [0.29, 0.717) is 16.1 Å². The van der Waals surface area contributed by atoms with Gasteiger partial charge in [-0.1, -0.05) is 11.3 Å². The quantitative estimate of drug-likeness (QED) is 0.743. The van der Waals surface area contributed by atoms with Crippen molar-refractivity contribution in [1.29, 1.82) is 5.26 Å². The van der Waals surface area contributed by atoms with Gasteiger partial charge in [0.15, 0.2) is 0 Å². The van der Waals surface area contributed by atoms with Crippen molar-refractivity contribution in [3.8, 4) is 16.6 Å². The third kappa shape index (κ3) is 1.53. The number of hydrogen-bond donors (Lipinski definition) is 1. The molecule has 0 bridgehead atoms. The molecule has 2 aromatic rings. The van der Waals surface area contributed by atoms with E-state index in [2.05, 4.69) is 15.2 Å². The number of nitrogens with one attached hydrogen (secondary N) is 1. The van der Waals surface area contributed by atoms with Crippen LogP contribution in [0.1, 0.15) is 5.56 Å². The standard InChI is InChI=1S/C8H4N4OS/c9-2-5-1-6(4-10-3-5)7-11-12-8(13)14-7/h1,3-4H,(H,12,13). The van der Waals surface area contributed by atoms with E-state index >= 15 is 0 Å². The maximum absolute atomic E-state index is 10.8. The van der Waals surface area contributed by atoms with Gasteiger partial charge in [-0.2, -0.15) is 10.4 Å². The van der Waals surface area contributed by atoms with Gasteiger partial charge < -0.3 is 0 Å². The lowest BCUT2D eigenvalue weighted by molar-refractivity contribution is 1.06. The number of rotatable bonds is 1. The molecule has 0 fully saturated rings. The van der Waals surface area contributed by atoms with Crippen molar-refractivity contribution in [2.45, 2.75) is 0 Å². The summed E-state index contributed by atoms with van der Waals surface area (Å²) >= 11 is 0.988. The minimum absolute atomic E-state index is 0.220. The van der Waals surface area contributed by atoms with Crippen molar-refractivity contribution in [3.05, 3.63) is 33.7 Å². The van der Waals surface area contributed by atoms with Crippen molar-refractivity contribution in [2.75, 3.05) is 0 Å². The zero-order valence-electron chi connectivity index (χ0n) is 6.89. The van der Waals surface area contributed by atoms with Crippen LogP contribution in [0.25, 0.3) is 10.6 Å². The Labute approximate surface area is 82.7 Å². The van der Waals surface area contributed by atoms with Crippen LogP contribution in [0.4, 0.5) is 0 Å². The zero-order valence-corrected chi connectivity index (χ0v) is 7.71. The van der Waals surface area contributed by atoms with Gasteiger partial charge in [-0.05, 0) is 6.07 Å². The van der Waals surface area contributed by atoms with Gasteiger partial charge in [0.05, 0.1) is 5.56 Å². The van der Waals surface area contributed by atoms with Gasteiger partial charge in [0.1, 0.15) is 11.1 Å². The highest BCUT2D eigenvalue weighted by molar-refractivity contribution is 7.12. The second-order valence-electron chi connectivity index (χ2n) is 2.49. The van der Waals surface area contributed by atoms with Gasteiger partial charge >= 0.3 is 4.87 Å². The maximum Gasteiger partial charge on any atom is 0.322 e. The number of aromatic amines is 1. The molecule has 6 heteroatoms. The first-order valence-corrected chi connectivity index (χ1v) is 4.52. The summed E-state index contributed by atoms with van der Waals surface area (Å²) in [7, 11) is 0. The Morgan fingerprint density at radius 1 is 1.50 bits per heavy atom. The van der Waals surface area contributed by atoms with Crippen LogP contribution in [0.5, 0.6) is 0 Å². The summed E-state index contributed by atoms with van der Waals surface area (Å²) in [6.45, 7) is 0. The van der Waals surface area contributed by atoms with E-state index in [1.165, 1.54) is 6.20 Å². The van der Waals surface area contributed by atoms with Crippen LogP contribution in [0.3, 0.4) is 0 Å². The Hall–Kier alpha value is -2.00. The molecule has 2 aromatic heterocycles. The summed E-state index contributed by atoms with van der Waals surface area (Å²) in [5.41, 5.74) is 1.12. The summed E-state index contributed by atoms with van der Waals surface area (Å²) in [6.07, 6.45) is 3.02. The van der Waals surface area contributed by atoms with Crippen LogP contribution < -0.4 is 4.87 Å². The van der Waals surface area contributed by atoms with Crippen LogP contribution in [-0.2, 0) is 0 Å². The molecule has 0 unspecified atom stereocenters. The first-order chi connectivity index (χ1) is 6.79. The molecular weight excluding hydrogens is 200 g/mol. The van der Waals surface area contributed by atoms with Crippen molar-refractivity contribution >= 4 is 11.3 Å². The summed E-state index contributed by atoms with van der Waals surface area (Å²) in [4.78, 5) is 14.5. The fourth-order valence-electron chi connectivity index (χ4n) is 0.971. The molecule has 0 amide bonds. The number of aromatic nitrogens is 3. The van der Waals surface area contributed by atoms with E-state index in [9.17, 15) is 4.79 Å². The molecule has 0 aromatic carbocycles. The van der Waals surface area contributed by atoms with Crippen molar-refractivity contribution in [1.82, 2.24) is 15.2 Å². The van der Waals surface area contributed by atoms with Gasteiger partial charge in [0.2, 0.25) is 0 Å². The molecule has 2 rings (SSSR count). The smallest absolute Gasteiger partial charge is 0.263 e. The summed E-state index contributed by atoms with van der Waals surface area (Å²) in [5, 5.41) is 15.3. The molecule has 5 nitrogen and oxygen atoms in total. The summed E-state index contributed by atoms with van der Waals surface area (Å²) < 4.78 is 0. The number of hydrogen-bond acceptors (Lipinski definition) is 5. The molecule has 0 saturated carbocycles. The zero-order chi connectivity index (χ0) is 9.97. The predicted octanol–water partition coefficient (Wildman–Crippen LogP) is 0.765. The summed E-state index contributed by atoms with van der Waals surface area (Å²) in [6, 6.07) is 3.61. The molecule has 68 valence electrons. The van der Waals surface area contributed by atoms with E-state index in [0.717, 1.165) is 11.3 Å². The molecule has 0 saturated heterocycles. The van der Waals surface area contributed by atoms with Crippen LogP contribution in [0, 0.1) is 11.3 Å². The molecule has 0 spiro atoms. The molecule has 0 aliphatic carbocycles. The minimum atomic E-state index is -0.220. The lowest BCUT2D eigenvalue weighted by Gasteiger charge is -1.93. The number of nitrogens with zero attached hydrogens (tertiary/aromatic N) is 3. The van der Waals surface area contributed by atoms with E-state index < -0.39 is 0 Å². The number of H-pyrrole nitrogens is 1. The monoisotopic (exact) mass is 204 g/mol. The Bertz CT molecular complexity index is 551. The largest absolute Gasteiger partial charge is 0.322 e. The number of nitriles is 1. The van der Waals surface area contributed by atoms with E-state index in [4.69, 9.17) is 5.26 Å². The second kappa shape index (κ2) is 3.40. The molecule has 14 heavy (non-hydrogen) atoms. The lowest BCUT2D eigenvalue weighted by Crippen LogP contribution is -1.90. The van der Waals surface area contributed by atoms with Crippen LogP contribution in [-0.4, -0.2) is 15.2 Å². The van der Waals surface area contributed by atoms with E-state index in [1.807, 2.05) is 6.07 Å².